The van der Waals surface area contributed by atoms with Gasteiger partial charge in [-0.1, -0.05) is 0 Å². The fraction of sp³-hybridized carbons (Fsp3) is 0.450. The van der Waals surface area contributed by atoms with Crippen LogP contribution in [0.2, 0.25) is 0 Å². The minimum atomic E-state index is -3.60. The number of aromatic nitrogens is 4. The number of sulfonamides is 1. The first-order chi connectivity index (χ1) is 14.3. The van der Waals surface area contributed by atoms with Gasteiger partial charge in [0.1, 0.15) is 11.6 Å². The number of nitrogens with zero attached hydrogens (tertiary/aromatic N) is 6. The number of hydrogen-bond donors (Lipinski definition) is 0. The molecule has 0 bridgehead atoms. The van der Waals surface area contributed by atoms with Gasteiger partial charge < -0.3 is 9.64 Å². The zero-order valence-corrected chi connectivity index (χ0v) is 18.5. The number of fused-ring (bicyclic) bond motifs is 1. The summed E-state index contributed by atoms with van der Waals surface area (Å²) in [4.78, 5) is 2.45. The first-order valence-corrected chi connectivity index (χ1v) is 11.3. The van der Waals surface area contributed by atoms with E-state index in [0.717, 1.165) is 23.8 Å². The van der Waals surface area contributed by atoms with Crippen LogP contribution in [0.3, 0.4) is 0 Å². The molecule has 30 heavy (non-hydrogen) atoms. The largest absolute Gasteiger partial charge is 0.496 e. The number of ether oxygens (including phenoxy) is 1. The van der Waals surface area contributed by atoms with Crippen LogP contribution in [0.1, 0.15) is 23.4 Å². The van der Waals surface area contributed by atoms with E-state index in [1.165, 1.54) is 0 Å². The molecule has 2 aromatic heterocycles. The summed E-state index contributed by atoms with van der Waals surface area (Å²) in [6.07, 6.45) is 0.717. The molecule has 3 aromatic rings. The van der Waals surface area contributed by atoms with Crippen molar-refractivity contribution in [3.63, 3.8) is 0 Å². The van der Waals surface area contributed by atoms with E-state index in [1.807, 2.05) is 26.0 Å². The van der Waals surface area contributed by atoms with E-state index in [0.29, 0.717) is 47.9 Å². The van der Waals surface area contributed by atoms with Gasteiger partial charge in [0.15, 0.2) is 11.5 Å². The number of benzene rings is 1. The van der Waals surface area contributed by atoms with E-state index >= 15 is 0 Å². The normalized spacial score (nSPS) is 16.1. The fourth-order valence-electron chi connectivity index (χ4n) is 3.82. The topological polar surface area (TPSA) is 92.9 Å². The Balaban J connectivity index is 1.57. The van der Waals surface area contributed by atoms with Crippen molar-refractivity contribution in [3.05, 3.63) is 41.2 Å². The highest BCUT2D eigenvalue weighted by Gasteiger charge is 2.29. The lowest BCUT2D eigenvalue weighted by Gasteiger charge is -2.23. The van der Waals surface area contributed by atoms with Crippen LogP contribution in [0.4, 0.5) is 5.82 Å². The van der Waals surface area contributed by atoms with E-state index < -0.39 is 10.0 Å². The lowest BCUT2D eigenvalue weighted by Crippen LogP contribution is -2.35. The number of hydrogen-bond acceptors (Lipinski definition) is 7. The van der Waals surface area contributed by atoms with Gasteiger partial charge in [-0.05, 0) is 62.6 Å². The van der Waals surface area contributed by atoms with Crippen LogP contribution in [0.25, 0.3) is 5.65 Å². The lowest BCUT2D eigenvalue weighted by atomic mass is 10.1. The number of anilines is 1. The molecule has 0 spiro atoms. The van der Waals surface area contributed by atoms with Crippen LogP contribution in [0.15, 0.2) is 29.2 Å². The van der Waals surface area contributed by atoms with Crippen LogP contribution in [-0.2, 0) is 10.0 Å². The van der Waals surface area contributed by atoms with Gasteiger partial charge in [0.25, 0.3) is 0 Å². The molecule has 0 unspecified atom stereocenters. The Bertz CT molecular complexity index is 1190. The van der Waals surface area contributed by atoms with Crippen molar-refractivity contribution >= 4 is 21.5 Å². The molecule has 160 valence electrons. The van der Waals surface area contributed by atoms with Crippen molar-refractivity contribution in [1.29, 1.82) is 0 Å². The minimum absolute atomic E-state index is 0.342. The first kappa shape index (κ1) is 20.5. The third kappa shape index (κ3) is 3.61. The molecule has 0 atom stereocenters. The van der Waals surface area contributed by atoms with Crippen molar-refractivity contribution in [2.75, 3.05) is 38.2 Å². The third-order valence-corrected chi connectivity index (χ3v) is 7.53. The highest BCUT2D eigenvalue weighted by atomic mass is 32.2. The van der Waals surface area contributed by atoms with Crippen LogP contribution in [0.5, 0.6) is 5.75 Å². The summed E-state index contributed by atoms with van der Waals surface area (Å²) in [5.74, 6) is 2.21. The van der Waals surface area contributed by atoms with Gasteiger partial charge in [-0.3, -0.25) is 0 Å². The Morgan fingerprint density at radius 2 is 1.77 bits per heavy atom. The highest BCUT2D eigenvalue weighted by Crippen LogP contribution is 2.28. The van der Waals surface area contributed by atoms with Gasteiger partial charge in [-0.2, -0.15) is 8.82 Å². The standard InChI is InChI=1S/C20H26N6O3S/c1-14-13-18(15(2)12-17(14)29-4)30(27,28)25-9-5-8-24(10-11-25)20-7-6-19-22-21-16(3)26(19)23-20/h6-7,12-13H,5,8-11H2,1-4H3. The molecule has 0 amide bonds. The van der Waals surface area contributed by atoms with Gasteiger partial charge in [0.05, 0.1) is 12.0 Å². The van der Waals surface area contributed by atoms with E-state index in [9.17, 15) is 8.42 Å². The molecule has 9 nitrogen and oxygen atoms in total. The van der Waals surface area contributed by atoms with Crippen molar-refractivity contribution in [1.82, 2.24) is 24.1 Å². The first-order valence-electron chi connectivity index (χ1n) is 9.90. The molecular weight excluding hydrogens is 404 g/mol. The molecule has 1 aromatic carbocycles. The smallest absolute Gasteiger partial charge is 0.243 e. The van der Waals surface area contributed by atoms with Crippen LogP contribution >= 0.6 is 0 Å². The molecule has 4 rings (SSSR count). The highest BCUT2D eigenvalue weighted by molar-refractivity contribution is 7.89. The maximum absolute atomic E-state index is 13.4. The van der Waals surface area contributed by atoms with Crippen molar-refractivity contribution in [2.24, 2.45) is 0 Å². The average Bonchev–Trinajstić information content (AvgIpc) is 2.93. The van der Waals surface area contributed by atoms with Gasteiger partial charge in [-0.25, -0.2) is 8.42 Å². The third-order valence-electron chi connectivity index (χ3n) is 5.49. The van der Waals surface area contributed by atoms with Gasteiger partial charge >= 0.3 is 0 Å². The van der Waals surface area contributed by atoms with Crippen molar-refractivity contribution in [2.45, 2.75) is 32.1 Å². The Kier molecular flexibility index (Phi) is 5.37. The van der Waals surface area contributed by atoms with E-state index in [4.69, 9.17) is 4.74 Å². The molecule has 10 heteroatoms. The molecule has 1 saturated heterocycles. The maximum atomic E-state index is 13.4. The Hall–Kier alpha value is -2.72. The average molecular weight is 431 g/mol. The molecule has 1 aliphatic heterocycles. The molecule has 1 aliphatic rings. The predicted octanol–water partition coefficient (Wildman–Crippen LogP) is 1.96. The Morgan fingerprint density at radius 1 is 0.967 bits per heavy atom. The quantitative estimate of drug-likeness (QED) is 0.625. The van der Waals surface area contributed by atoms with Gasteiger partial charge in [0.2, 0.25) is 10.0 Å². The summed E-state index contributed by atoms with van der Waals surface area (Å²) in [5.41, 5.74) is 2.19. The summed E-state index contributed by atoms with van der Waals surface area (Å²) >= 11 is 0. The van der Waals surface area contributed by atoms with Crippen LogP contribution < -0.4 is 9.64 Å². The number of rotatable bonds is 4. The second-order valence-corrected chi connectivity index (χ2v) is 9.45. The SMILES string of the molecule is COc1cc(C)c(S(=O)(=O)N2CCCN(c3ccc4nnc(C)n4n3)CC2)cc1C. The van der Waals surface area contributed by atoms with Crippen molar-refractivity contribution < 1.29 is 13.2 Å². The molecule has 3 heterocycles. The summed E-state index contributed by atoms with van der Waals surface area (Å²) in [6, 6.07) is 7.28. The summed E-state index contributed by atoms with van der Waals surface area (Å²) in [6.45, 7) is 7.67. The van der Waals surface area contributed by atoms with E-state index in [-0.39, 0.29) is 0 Å². The maximum Gasteiger partial charge on any atom is 0.243 e. The molecular formula is C20H26N6O3S. The van der Waals surface area contributed by atoms with Gasteiger partial charge in [-0.15, -0.1) is 15.3 Å². The summed E-state index contributed by atoms with van der Waals surface area (Å²) < 4.78 is 35.3. The predicted molar refractivity (Wildman–Crippen MR) is 114 cm³/mol. The van der Waals surface area contributed by atoms with Gasteiger partial charge in [0, 0.05) is 26.2 Å². The zero-order valence-electron chi connectivity index (χ0n) is 17.7. The second kappa shape index (κ2) is 7.84. The Morgan fingerprint density at radius 3 is 2.53 bits per heavy atom. The number of methoxy groups -OCH3 is 1. The molecule has 1 fully saturated rings. The van der Waals surface area contributed by atoms with Crippen LogP contribution in [-0.4, -0.2) is 65.8 Å². The Labute approximate surface area is 176 Å². The minimum Gasteiger partial charge on any atom is -0.496 e. The molecule has 0 saturated carbocycles. The monoisotopic (exact) mass is 430 g/mol. The fourth-order valence-corrected chi connectivity index (χ4v) is 5.58. The summed E-state index contributed by atoms with van der Waals surface area (Å²) in [7, 11) is -2.01. The molecule has 0 N–H and O–H groups in total. The lowest BCUT2D eigenvalue weighted by molar-refractivity contribution is 0.410. The van der Waals surface area contributed by atoms with Crippen molar-refractivity contribution in [3.8, 4) is 5.75 Å². The summed E-state index contributed by atoms with van der Waals surface area (Å²) in [5, 5.41) is 12.7. The zero-order chi connectivity index (χ0) is 21.5. The number of aryl methyl sites for hydroxylation is 3. The molecule has 0 aliphatic carbocycles. The van der Waals surface area contributed by atoms with E-state index in [1.54, 1.807) is 35.0 Å². The second-order valence-electron chi connectivity index (χ2n) is 7.54. The van der Waals surface area contributed by atoms with E-state index in [2.05, 4.69) is 20.2 Å². The molecule has 0 radical (unpaired) electrons. The van der Waals surface area contributed by atoms with Crippen LogP contribution in [0, 0.1) is 20.8 Å².